The molecular formula is C15H7F6N5. The molecule has 11 heteroatoms. The molecule has 3 rings (SSSR count). The van der Waals surface area contributed by atoms with Gasteiger partial charge in [0, 0.05) is 0 Å². The lowest BCUT2D eigenvalue weighted by molar-refractivity contribution is 0.449. The number of aromatic nitrogens is 3. The first kappa shape index (κ1) is 17.5. The van der Waals surface area contributed by atoms with E-state index >= 15 is 0 Å². The molecule has 0 unspecified atom stereocenters. The van der Waals surface area contributed by atoms with Crippen molar-refractivity contribution < 1.29 is 26.3 Å². The van der Waals surface area contributed by atoms with Crippen molar-refractivity contribution in [3.8, 4) is 0 Å². The molecule has 0 aliphatic heterocycles. The highest BCUT2D eigenvalue weighted by Crippen LogP contribution is 2.24. The maximum Gasteiger partial charge on any atom is 0.249 e. The van der Waals surface area contributed by atoms with E-state index in [2.05, 4.69) is 25.8 Å². The largest absolute Gasteiger partial charge is 0.336 e. The molecule has 0 fully saturated rings. The van der Waals surface area contributed by atoms with Gasteiger partial charge in [0.15, 0.2) is 40.7 Å². The van der Waals surface area contributed by atoms with E-state index in [0.717, 1.165) is 18.3 Å². The Morgan fingerprint density at radius 1 is 0.654 bits per heavy atom. The Labute approximate surface area is 141 Å². The molecule has 5 nitrogen and oxygen atoms in total. The zero-order valence-electron chi connectivity index (χ0n) is 12.5. The Balaban J connectivity index is 1.85. The summed E-state index contributed by atoms with van der Waals surface area (Å²) in [5.74, 6) is -9.61. The van der Waals surface area contributed by atoms with Crippen molar-refractivity contribution in [2.24, 2.45) is 0 Å². The van der Waals surface area contributed by atoms with Crippen molar-refractivity contribution in [2.45, 2.75) is 0 Å². The van der Waals surface area contributed by atoms with Crippen molar-refractivity contribution in [1.29, 1.82) is 0 Å². The number of benzene rings is 2. The van der Waals surface area contributed by atoms with E-state index in [1.54, 1.807) is 0 Å². The smallest absolute Gasteiger partial charge is 0.249 e. The molecule has 0 bridgehead atoms. The van der Waals surface area contributed by atoms with Gasteiger partial charge in [-0.3, -0.25) is 0 Å². The van der Waals surface area contributed by atoms with Crippen molar-refractivity contribution in [3.63, 3.8) is 0 Å². The molecule has 1 heterocycles. The molecule has 26 heavy (non-hydrogen) atoms. The molecule has 0 aliphatic carbocycles. The average molecular weight is 371 g/mol. The third-order valence-corrected chi connectivity index (χ3v) is 3.14. The molecule has 0 atom stereocenters. The minimum absolute atomic E-state index is 0.157. The quantitative estimate of drug-likeness (QED) is 0.532. The molecule has 0 spiro atoms. The van der Waals surface area contributed by atoms with Gasteiger partial charge in [-0.05, 0) is 24.3 Å². The SMILES string of the molecule is Fc1ccc(Nc2cnnc(Nc3ccc(F)c(F)c3F)n2)c(F)c1F. The van der Waals surface area contributed by atoms with Crippen LogP contribution in [0.15, 0.2) is 30.5 Å². The van der Waals surface area contributed by atoms with E-state index in [1.807, 2.05) is 0 Å². The fourth-order valence-corrected chi connectivity index (χ4v) is 1.92. The first-order chi connectivity index (χ1) is 12.4. The van der Waals surface area contributed by atoms with Crippen LogP contribution in [0.25, 0.3) is 0 Å². The molecule has 2 aromatic carbocycles. The second kappa shape index (κ2) is 6.86. The molecule has 1 aromatic heterocycles. The van der Waals surface area contributed by atoms with Crippen LogP contribution in [-0.4, -0.2) is 15.2 Å². The minimum Gasteiger partial charge on any atom is -0.336 e. The van der Waals surface area contributed by atoms with E-state index < -0.39 is 46.3 Å². The third kappa shape index (κ3) is 3.36. The van der Waals surface area contributed by atoms with Crippen LogP contribution in [-0.2, 0) is 0 Å². The summed E-state index contributed by atoms with van der Waals surface area (Å²) < 4.78 is 79.5. The van der Waals surface area contributed by atoms with Gasteiger partial charge in [0.2, 0.25) is 5.95 Å². The predicted molar refractivity (Wildman–Crippen MR) is 79.0 cm³/mol. The van der Waals surface area contributed by atoms with E-state index in [0.29, 0.717) is 12.1 Å². The molecular weight excluding hydrogens is 364 g/mol. The first-order valence-corrected chi connectivity index (χ1v) is 6.87. The van der Waals surface area contributed by atoms with E-state index in [4.69, 9.17) is 0 Å². The maximum atomic E-state index is 13.6. The first-order valence-electron chi connectivity index (χ1n) is 6.87. The Bertz CT molecular complexity index is 906. The summed E-state index contributed by atoms with van der Waals surface area (Å²) in [6.07, 6.45) is 1.02. The summed E-state index contributed by atoms with van der Waals surface area (Å²) in [5.41, 5.74) is -0.906. The zero-order chi connectivity index (χ0) is 18.8. The van der Waals surface area contributed by atoms with Gasteiger partial charge in [-0.15, -0.1) is 5.10 Å². The summed E-state index contributed by atoms with van der Waals surface area (Å²) in [5, 5.41) is 11.6. The molecule has 0 saturated heterocycles. The summed E-state index contributed by atoms with van der Waals surface area (Å²) in [7, 11) is 0. The van der Waals surface area contributed by atoms with Crippen molar-refractivity contribution in [2.75, 3.05) is 10.6 Å². The summed E-state index contributed by atoms with van der Waals surface area (Å²) >= 11 is 0. The predicted octanol–water partition coefficient (Wildman–Crippen LogP) is 4.19. The van der Waals surface area contributed by atoms with Crippen LogP contribution in [0.3, 0.4) is 0 Å². The van der Waals surface area contributed by atoms with Crippen LogP contribution in [0.1, 0.15) is 0 Å². The highest BCUT2D eigenvalue weighted by atomic mass is 19.2. The van der Waals surface area contributed by atoms with Gasteiger partial charge in [-0.25, -0.2) is 26.3 Å². The highest BCUT2D eigenvalue weighted by molar-refractivity contribution is 5.59. The lowest BCUT2D eigenvalue weighted by atomic mass is 10.3. The van der Waals surface area contributed by atoms with Gasteiger partial charge >= 0.3 is 0 Å². The second-order valence-corrected chi connectivity index (χ2v) is 4.86. The Morgan fingerprint density at radius 2 is 1.19 bits per heavy atom. The summed E-state index contributed by atoms with van der Waals surface area (Å²) in [4.78, 5) is 3.79. The van der Waals surface area contributed by atoms with Gasteiger partial charge in [-0.2, -0.15) is 10.1 Å². The van der Waals surface area contributed by atoms with Gasteiger partial charge in [-0.1, -0.05) is 0 Å². The number of hydrogen-bond donors (Lipinski definition) is 2. The number of nitrogens with zero attached hydrogens (tertiary/aromatic N) is 3. The van der Waals surface area contributed by atoms with Crippen LogP contribution < -0.4 is 10.6 Å². The lowest BCUT2D eigenvalue weighted by Gasteiger charge is -2.09. The summed E-state index contributed by atoms with van der Waals surface area (Å²) in [6.45, 7) is 0. The molecule has 134 valence electrons. The fraction of sp³-hybridized carbons (Fsp3) is 0. The monoisotopic (exact) mass is 371 g/mol. The van der Waals surface area contributed by atoms with Gasteiger partial charge in [0.1, 0.15) is 0 Å². The Hall–Kier alpha value is -3.37. The topological polar surface area (TPSA) is 62.7 Å². The normalized spacial score (nSPS) is 10.7. The van der Waals surface area contributed by atoms with E-state index in [-0.39, 0.29) is 11.8 Å². The molecule has 0 aliphatic rings. The van der Waals surface area contributed by atoms with Crippen molar-refractivity contribution in [1.82, 2.24) is 15.2 Å². The average Bonchev–Trinajstić information content (AvgIpc) is 2.63. The summed E-state index contributed by atoms with van der Waals surface area (Å²) in [6, 6.07) is 3.22. The minimum atomic E-state index is -1.69. The van der Waals surface area contributed by atoms with Crippen LogP contribution in [0.4, 0.5) is 49.5 Å². The molecule has 0 saturated carbocycles. The molecule has 0 amide bonds. The van der Waals surface area contributed by atoms with Crippen LogP contribution >= 0.6 is 0 Å². The van der Waals surface area contributed by atoms with Crippen molar-refractivity contribution >= 4 is 23.1 Å². The van der Waals surface area contributed by atoms with Gasteiger partial charge in [0.25, 0.3) is 0 Å². The third-order valence-electron chi connectivity index (χ3n) is 3.14. The van der Waals surface area contributed by atoms with Crippen LogP contribution in [0, 0.1) is 34.9 Å². The maximum absolute atomic E-state index is 13.6. The molecule has 0 radical (unpaired) electrons. The standard InChI is InChI=1S/C15H7F6N5/c16-6-1-3-8(13(20)11(6)18)23-10-5-22-26-15(25-10)24-9-4-2-7(17)12(19)14(9)21/h1-5H,(H2,23,24,25,26). The van der Waals surface area contributed by atoms with Crippen LogP contribution in [0.5, 0.6) is 0 Å². The number of halogens is 6. The Kier molecular flexibility index (Phi) is 4.61. The lowest BCUT2D eigenvalue weighted by Crippen LogP contribution is -2.06. The number of hydrogen-bond acceptors (Lipinski definition) is 5. The van der Waals surface area contributed by atoms with Gasteiger partial charge in [0.05, 0.1) is 17.6 Å². The highest BCUT2D eigenvalue weighted by Gasteiger charge is 2.16. The van der Waals surface area contributed by atoms with E-state index in [9.17, 15) is 26.3 Å². The number of rotatable bonds is 4. The molecule has 3 aromatic rings. The second-order valence-electron chi connectivity index (χ2n) is 4.86. The number of nitrogens with one attached hydrogen (secondary N) is 2. The molecule has 2 N–H and O–H groups in total. The van der Waals surface area contributed by atoms with Crippen LogP contribution in [0.2, 0.25) is 0 Å². The fourth-order valence-electron chi connectivity index (χ4n) is 1.92. The zero-order valence-corrected chi connectivity index (χ0v) is 12.5. The van der Waals surface area contributed by atoms with Gasteiger partial charge < -0.3 is 10.6 Å². The van der Waals surface area contributed by atoms with Crippen molar-refractivity contribution in [3.05, 3.63) is 65.4 Å². The Morgan fingerprint density at radius 3 is 1.77 bits per heavy atom. The van der Waals surface area contributed by atoms with E-state index in [1.165, 1.54) is 0 Å². The number of anilines is 4.